The number of para-hydroxylation sites is 1. The van der Waals surface area contributed by atoms with Crippen molar-refractivity contribution in [3.05, 3.63) is 53.6 Å². The van der Waals surface area contributed by atoms with Crippen LogP contribution < -0.4 is 4.74 Å². The van der Waals surface area contributed by atoms with Gasteiger partial charge in [0.25, 0.3) is 0 Å². The fourth-order valence-electron chi connectivity index (χ4n) is 2.65. The molecule has 2 heterocycles. The standard InChI is InChI=1S/C15H11N3O3/c19-15(20)9-5-6-12-11(7-9)16-17-18(12)13-8-21-14-4-2-1-3-10(13)14/h1-7,13H,8H2,(H,19,20). The zero-order valence-corrected chi connectivity index (χ0v) is 10.9. The lowest BCUT2D eigenvalue weighted by atomic mass is 10.1. The molecule has 6 heteroatoms. The van der Waals surface area contributed by atoms with E-state index in [9.17, 15) is 4.79 Å². The van der Waals surface area contributed by atoms with E-state index in [1.165, 1.54) is 6.07 Å². The third-order valence-electron chi connectivity index (χ3n) is 3.69. The second kappa shape index (κ2) is 4.31. The smallest absolute Gasteiger partial charge is 0.335 e. The Kier molecular flexibility index (Phi) is 2.44. The van der Waals surface area contributed by atoms with E-state index in [1.807, 2.05) is 24.3 Å². The van der Waals surface area contributed by atoms with E-state index in [4.69, 9.17) is 9.84 Å². The summed E-state index contributed by atoms with van der Waals surface area (Å²) in [6.07, 6.45) is 0. The molecule has 0 radical (unpaired) electrons. The lowest BCUT2D eigenvalue weighted by molar-refractivity contribution is 0.0697. The van der Waals surface area contributed by atoms with Crippen LogP contribution in [0.5, 0.6) is 5.75 Å². The number of aromatic carboxylic acids is 1. The number of nitrogens with zero attached hydrogens (tertiary/aromatic N) is 3. The molecule has 1 aliphatic rings. The van der Waals surface area contributed by atoms with Gasteiger partial charge in [0.1, 0.15) is 23.9 Å². The molecule has 0 amide bonds. The average molecular weight is 281 g/mol. The first-order valence-electron chi connectivity index (χ1n) is 6.54. The van der Waals surface area contributed by atoms with Gasteiger partial charge in [0.2, 0.25) is 0 Å². The van der Waals surface area contributed by atoms with E-state index in [2.05, 4.69) is 10.3 Å². The van der Waals surface area contributed by atoms with Crippen LogP contribution in [0.15, 0.2) is 42.5 Å². The maximum absolute atomic E-state index is 11.0. The van der Waals surface area contributed by atoms with Crippen LogP contribution in [0.25, 0.3) is 11.0 Å². The Balaban J connectivity index is 1.84. The molecular weight excluding hydrogens is 270 g/mol. The van der Waals surface area contributed by atoms with Crippen molar-refractivity contribution in [1.82, 2.24) is 15.0 Å². The van der Waals surface area contributed by atoms with E-state index < -0.39 is 5.97 Å². The van der Waals surface area contributed by atoms with Crippen LogP contribution in [-0.2, 0) is 0 Å². The van der Waals surface area contributed by atoms with Crippen molar-refractivity contribution in [1.29, 1.82) is 0 Å². The molecule has 1 aliphatic heterocycles. The summed E-state index contributed by atoms with van der Waals surface area (Å²) in [5.74, 6) is -0.116. The van der Waals surface area contributed by atoms with Crippen LogP contribution >= 0.6 is 0 Å². The van der Waals surface area contributed by atoms with Crippen molar-refractivity contribution in [2.45, 2.75) is 6.04 Å². The number of aromatic nitrogens is 3. The maximum Gasteiger partial charge on any atom is 0.335 e. The highest BCUT2D eigenvalue weighted by Gasteiger charge is 2.27. The highest BCUT2D eigenvalue weighted by molar-refractivity contribution is 5.92. The molecule has 1 aromatic heterocycles. The van der Waals surface area contributed by atoms with Crippen molar-refractivity contribution >= 4 is 17.0 Å². The third-order valence-corrected chi connectivity index (χ3v) is 3.69. The lowest BCUT2D eigenvalue weighted by Crippen LogP contribution is -2.13. The second-order valence-corrected chi connectivity index (χ2v) is 4.91. The topological polar surface area (TPSA) is 77.2 Å². The van der Waals surface area contributed by atoms with Crippen LogP contribution in [0.2, 0.25) is 0 Å². The van der Waals surface area contributed by atoms with E-state index >= 15 is 0 Å². The van der Waals surface area contributed by atoms with Crippen molar-refractivity contribution < 1.29 is 14.6 Å². The summed E-state index contributed by atoms with van der Waals surface area (Å²) < 4.78 is 7.45. The van der Waals surface area contributed by atoms with Gasteiger partial charge in [-0.3, -0.25) is 0 Å². The highest BCUT2D eigenvalue weighted by atomic mass is 16.5. The van der Waals surface area contributed by atoms with Crippen LogP contribution in [0, 0.1) is 0 Å². The van der Waals surface area contributed by atoms with E-state index in [1.54, 1.807) is 16.8 Å². The fourth-order valence-corrected chi connectivity index (χ4v) is 2.65. The molecule has 3 aromatic rings. The first-order valence-corrected chi connectivity index (χ1v) is 6.54. The van der Waals surface area contributed by atoms with Gasteiger partial charge in [0.15, 0.2) is 0 Å². The van der Waals surface area contributed by atoms with Gasteiger partial charge >= 0.3 is 5.97 Å². The summed E-state index contributed by atoms with van der Waals surface area (Å²) in [5.41, 5.74) is 2.63. The number of fused-ring (bicyclic) bond motifs is 2. The van der Waals surface area contributed by atoms with E-state index in [-0.39, 0.29) is 11.6 Å². The normalized spacial score (nSPS) is 16.7. The van der Waals surface area contributed by atoms with Crippen LogP contribution in [0.1, 0.15) is 22.0 Å². The highest BCUT2D eigenvalue weighted by Crippen LogP contribution is 2.35. The molecular formula is C15H11N3O3. The SMILES string of the molecule is O=C(O)c1ccc2c(c1)nnn2C1COc2ccccc21. The molecule has 0 saturated carbocycles. The number of carboxylic acid groups (broad SMARTS) is 1. The number of hydrogen-bond acceptors (Lipinski definition) is 4. The number of rotatable bonds is 2. The molecule has 1 unspecified atom stereocenters. The lowest BCUT2D eigenvalue weighted by Gasteiger charge is -2.09. The Hall–Kier alpha value is -2.89. The monoisotopic (exact) mass is 281 g/mol. The first kappa shape index (κ1) is 11.9. The molecule has 6 nitrogen and oxygen atoms in total. The summed E-state index contributed by atoms with van der Waals surface area (Å²) in [5, 5.41) is 17.3. The quantitative estimate of drug-likeness (QED) is 0.778. The van der Waals surface area contributed by atoms with Gasteiger partial charge < -0.3 is 9.84 Å². The summed E-state index contributed by atoms with van der Waals surface area (Å²) in [6, 6.07) is 12.6. The number of hydrogen-bond donors (Lipinski definition) is 1. The Morgan fingerprint density at radius 3 is 3.00 bits per heavy atom. The molecule has 0 aliphatic carbocycles. The van der Waals surface area contributed by atoms with Gasteiger partial charge in [-0.05, 0) is 24.3 Å². The first-order chi connectivity index (χ1) is 10.2. The zero-order valence-electron chi connectivity index (χ0n) is 10.9. The van der Waals surface area contributed by atoms with Gasteiger partial charge in [-0.2, -0.15) is 0 Å². The molecule has 104 valence electrons. The molecule has 0 bridgehead atoms. The zero-order chi connectivity index (χ0) is 14.4. The molecule has 4 rings (SSSR count). The van der Waals surface area contributed by atoms with Crippen LogP contribution in [0.4, 0.5) is 0 Å². The summed E-state index contributed by atoms with van der Waals surface area (Å²) >= 11 is 0. The van der Waals surface area contributed by atoms with Crippen molar-refractivity contribution in [2.24, 2.45) is 0 Å². The summed E-state index contributed by atoms with van der Waals surface area (Å²) in [7, 11) is 0. The Morgan fingerprint density at radius 2 is 2.14 bits per heavy atom. The van der Waals surface area contributed by atoms with E-state index in [0.717, 1.165) is 16.8 Å². The minimum absolute atomic E-state index is 0.0399. The minimum atomic E-state index is -0.971. The van der Waals surface area contributed by atoms with Gasteiger partial charge in [-0.1, -0.05) is 23.4 Å². The van der Waals surface area contributed by atoms with Crippen molar-refractivity contribution in [3.63, 3.8) is 0 Å². The number of benzene rings is 2. The molecule has 1 atom stereocenters. The predicted octanol–water partition coefficient (Wildman–Crippen LogP) is 2.11. The molecule has 0 spiro atoms. The van der Waals surface area contributed by atoms with Gasteiger partial charge in [0.05, 0.1) is 11.1 Å². The Bertz CT molecular complexity index is 856. The fraction of sp³-hybridized carbons (Fsp3) is 0.133. The van der Waals surface area contributed by atoms with Gasteiger partial charge in [-0.25, -0.2) is 9.48 Å². The molecule has 2 aromatic carbocycles. The third kappa shape index (κ3) is 1.76. The average Bonchev–Trinajstić information content (AvgIpc) is 3.09. The maximum atomic E-state index is 11.0. The number of carboxylic acids is 1. The molecule has 0 saturated heterocycles. The largest absolute Gasteiger partial charge is 0.491 e. The van der Waals surface area contributed by atoms with Gasteiger partial charge in [0, 0.05) is 5.56 Å². The molecule has 21 heavy (non-hydrogen) atoms. The minimum Gasteiger partial charge on any atom is -0.491 e. The molecule has 1 N–H and O–H groups in total. The number of ether oxygens (including phenoxy) is 1. The predicted molar refractivity (Wildman–Crippen MR) is 74.6 cm³/mol. The van der Waals surface area contributed by atoms with Gasteiger partial charge in [-0.15, -0.1) is 5.10 Å². The molecule has 0 fully saturated rings. The van der Waals surface area contributed by atoms with Crippen molar-refractivity contribution in [3.8, 4) is 5.75 Å². The summed E-state index contributed by atoms with van der Waals surface area (Å²) in [4.78, 5) is 11.0. The van der Waals surface area contributed by atoms with Crippen LogP contribution in [0.3, 0.4) is 0 Å². The second-order valence-electron chi connectivity index (χ2n) is 4.91. The van der Waals surface area contributed by atoms with Crippen molar-refractivity contribution in [2.75, 3.05) is 6.61 Å². The Labute approximate surface area is 119 Å². The Morgan fingerprint density at radius 1 is 1.29 bits per heavy atom. The summed E-state index contributed by atoms with van der Waals surface area (Å²) in [6.45, 7) is 0.499. The number of carbonyl (C=O) groups is 1. The van der Waals surface area contributed by atoms with E-state index in [0.29, 0.717) is 12.1 Å². The van der Waals surface area contributed by atoms with Crippen LogP contribution in [-0.4, -0.2) is 32.7 Å².